The van der Waals surface area contributed by atoms with Gasteiger partial charge in [0.25, 0.3) is 0 Å². The molecule has 1 heterocycles. The molecule has 24 heavy (non-hydrogen) atoms. The Morgan fingerprint density at radius 1 is 1.33 bits per heavy atom. The van der Waals surface area contributed by atoms with Crippen LogP contribution >= 0.6 is 0 Å². The van der Waals surface area contributed by atoms with Crippen molar-refractivity contribution in [1.29, 1.82) is 0 Å². The maximum atomic E-state index is 12.0. The molecule has 0 bridgehead atoms. The molecule has 2 N–H and O–H groups in total. The fourth-order valence-electron chi connectivity index (χ4n) is 2.30. The van der Waals surface area contributed by atoms with E-state index in [2.05, 4.69) is 10.7 Å². The minimum absolute atomic E-state index is 0.00591. The molecule has 0 saturated heterocycles. The van der Waals surface area contributed by atoms with Crippen LogP contribution in [0.1, 0.15) is 32.3 Å². The van der Waals surface area contributed by atoms with Crippen LogP contribution in [0.2, 0.25) is 0 Å². The molecule has 6 nitrogen and oxygen atoms in total. The van der Waals surface area contributed by atoms with E-state index in [0.717, 1.165) is 17.7 Å². The molecule has 2 amide bonds. The third kappa shape index (κ3) is 5.70. The molecule has 130 valence electrons. The SMILES string of the molecule is CC(C)OCCCNC(=O)CN1NC(c2ccccc2)=CCC1=O. The second-order valence-electron chi connectivity index (χ2n) is 5.90. The Morgan fingerprint density at radius 2 is 2.08 bits per heavy atom. The molecule has 0 radical (unpaired) electrons. The van der Waals surface area contributed by atoms with Crippen LogP contribution in [0.15, 0.2) is 36.4 Å². The van der Waals surface area contributed by atoms with Gasteiger partial charge >= 0.3 is 0 Å². The number of carbonyl (C=O) groups is 2. The first-order chi connectivity index (χ1) is 11.6. The summed E-state index contributed by atoms with van der Waals surface area (Å²) in [6.07, 6.45) is 3.07. The van der Waals surface area contributed by atoms with Gasteiger partial charge < -0.3 is 10.1 Å². The maximum Gasteiger partial charge on any atom is 0.245 e. The van der Waals surface area contributed by atoms with E-state index in [0.29, 0.717) is 13.2 Å². The molecule has 0 aliphatic carbocycles. The molecule has 0 fully saturated rings. The first kappa shape index (κ1) is 18.0. The van der Waals surface area contributed by atoms with Gasteiger partial charge in [-0.25, -0.2) is 5.01 Å². The Labute approximate surface area is 142 Å². The summed E-state index contributed by atoms with van der Waals surface area (Å²) < 4.78 is 5.42. The number of amides is 2. The number of ether oxygens (including phenoxy) is 1. The summed E-state index contributed by atoms with van der Waals surface area (Å²) in [7, 11) is 0. The van der Waals surface area contributed by atoms with Gasteiger partial charge in [-0.3, -0.25) is 15.0 Å². The fraction of sp³-hybridized carbons (Fsp3) is 0.444. The molecule has 2 rings (SSSR count). The van der Waals surface area contributed by atoms with Crippen LogP contribution in [0, 0.1) is 0 Å². The van der Waals surface area contributed by atoms with E-state index in [9.17, 15) is 9.59 Å². The molecule has 1 aliphatic rings. The lowest BCUT2D eigenvalue weighted by Gasteiger charge is -2.28. The normalized spacial score (nSPS) is 14.4. The monoisotopic (exact) mass is 331 g/mol. The van der Waals surface area contributed by atoms with E-state index in [-0.39, 0.29) is 30.9 Å². The summed E-state index contributed by atoms with van der Waals surface area (Å²) >= 11 is 0. The zero-order valence-corrected chi connectivity index (χ0v) is 14.2. The highest BCUT2D eigenvalue weighted by Crippen LogP contribution is 2.16. The predicted molar refractivity (Wildman–Crippen MR) is 92.6 cm³/mol. The lowest BCUT2D eigenvalue weighted by Crippen LogP contribution is -2.49. The van der Waals surface area contributed by atoms with Crippen LogP contribution in [0.5, 0.6) is 0 Å². The Kier molecular flexibility index (Phi) is 6.81. The predicted octanol–water partition coefficient (Wildman–Crippen LogP) is 1.70. The smallest absolute Gasteiger partial charge is 0.245 e. The van der Waals surface area contributed by atoms with Crippen LogP contribution in [-0.2, 0) is 14.3 Å². The van der Waals surface area contributed by atoms with Crippen molar-refractivity contribution in [2.75, 3.05) is 19.7 Å². The zero-order chi connectivity index (χ0) is 17.4. The van der Waals surface area contributed by atoms with Crippen LogP contribution in [0.4, 0.5) is 0 Å². The summed E-state index contributed by atoms with van der Waals surface area (Å²) in [5, 5.41) is 4.17. The van der Waals surface area contributed by atoms with Crippen molar-refractivity contribution in [3.8, 4) is 0 Å². The molecule has 0 aromatic heterocycles. The molecule has 6 heteroatoms. The second-order valence-corrected chi connectivity index (χ2v) is 5.90. The van der Waals surface area contributed by atoms with Crippen molar-refractivity contribution in [1.82, 2.24) is 15.8 Å². The lowest BCUT2D eigenvalue weighted by molar-refractivity contribution is -0.137. The first-order valence-corrected chi connectivity index (χ1v) is 8.27. The quantitative estimate of drug-likeness (QED) is 0.711. The van der Waals surface area contributed by atoms with Gasteiger partial charge in [-0.15, -0.1) is 0 Å². The van der Waals surface area contributed by atoms with Gasteiger partial charge in [0, 0.05) is 19.6 Å². The zero-order valence-electron chi connectivity index (χ0n) is 14.2. The van der Waals surface area contributed by atoms with Crippen molar-refractivity contribution < 1.29 is 14.3 Å². The van der Waals surface area contributed by atoms with Gasteiger partial charge in [0.15, 0.2) is 0 Å². The van der Waals surface area contributed by atoms with E-state index in [1.807, 2.05) is 50.3 Å². The number of rotatable bonds is 8. The van der Waals surface area contributed by atoms with Crippen molar-refractivity contribution in [3.05, 3.63) is 42.0 Å². The van der Waals surface area contributed by atoms with Crippen molar-refractivity contribution in [2.24, 2.45) is 0 Å². The molecule has 0 spiro atoms. The molecule has 0 atom stereocenters. The van der Waals surface area contributed by atoms with Crippen LogP contribution in [0.3, 0.4) is 0 Å². The second kappa shape index (κ2) is 9.08. The fourth-order valence-corrected chi connectivity index (χ4v) is 2.30. The van der Waals surface area contributed by atoms with Crippen LogP contribution in [0.25, 0.3) is 5.70 Å². The van der Waals surface area contributed by atoms with Gasteiger partial charge in [-0.1, -0.05) is 30.3 Å². The third-order valence-corrected chi connectivity index (χ3v) is 3.52. The van der Waals surface area contributed by atoms with Gasteiger partial charge in [0.2, 0.25) is 11.8 Å². The number of hydrogen-bond acceptors (Lipinski definition) is 4. The van der Waals surface area contributed by atoms with Crippen molar-refractivity contribution in [2.45, 2.75) is 32.8 Å². The molecule has 1 aromatic carbocycles. The number of nitrogens with one attached hydrogen (secondary N) is 2. The average molecular weight is 331 g/mol. The minimum Gasteiger partial charge on any atom is -0.379 e. The van der Waals surface area contributed by atoms with E-state index >= 15 is 0 Å². The number of benzene rings is 1. The Balaban J connectivity index is 1.78. The highest BCUT2D eigenvalue weighted by Gasteiger charge is 2.21. The maximum absolute atomic E-state index is 12.0. The Hall–Kier alpha value is -2.34. The minimum atomic E-state index is -0.185. The van der Waals surface area contributed by atoms with Gasteiger partial charge in [0.05, 0.1) is 11.8 Å². The number of nitrogens with zero attached hydrogens (tertiary/aromatic N) is 1. The Bertz CT molecular complexity index is 584. The Morgan fingerprint density at radius 3 is 2.79 bits per heavy atom. The summed E-state index contributed by atoms with van der Waals surface area (Å²) in [5.41, 5.74) is 4.85. The van der Waals surface area contributed by atoms with Gasteiger partial charge in [-0.2, -0.15) is 0 Å². The standard InChI is InChI=1S/C18H25N3O3/c1-14(2)24-12-6-11-19-17(22)13-21-18(23)10-9-16(20-21)15-7-4-3-5-8-15/h3-5,7-9,14,20H,6,10-13H2,1-2H3,(H,19,22). The first-order valence-electron chi connectivity index (χ1n) is 8.27. The molecule has 1 aliphatic heterocycles. The molecule has 0 unspecified atom stereocenters. The van der Waals surface area contributed by atoms with Gasteiger partial charge in [-0.05, 0) is 31.9 Å². The summed E-state index contributed by atoms with van der Waals surface area (Å²) in [6.45, 7) is 5.09. The molecular weight excluding hydrogens is 306 g/mol. The largest absolute Gasteiger partial charge is 0.379 e. The van der Waals surface area contributed by atoms with E-state index in [1.165, 1.54) is 5.01 Å². The third-order valence-electron chi connectivity index (χ3n) is 3.52. The van der Waals surface area contributed by atoms with Crippen LogP contribution < -0.4 is 10.7 Å². The number of hydrogen-bond donors (Lipinski definition) is 2. The lowest BCUT2D eigenvalue weighted by atomic mass is 10.1. The molecular formula is C18H25N3O3. The van der Waals surface area contributed by atoms with E-state index < -0.39 is 0 Å². The summed E-state index contributed by atoms with van der Waals surface area (Å²) in [6, 6.07) is 9.73. The molecule has 0 saturated carbocycles. The summed E-state index contributed by atoms with van der Waals surface area (Å²) in [4.78, 5) is 24.0. The number of hydrazine groups is 1. The van der Waals surface area contributed by atoms with Crippen LogP contribution in [-0.4, -0.2) is 42.6 Å². The molecule has 1 aromatic rings. The van der Waals surface area contributed by atoms with E-state index in [1.54, 1.807) is 0 Å². The average Bonchev–Trinajstić information content (AvgIpc) is 2.57. The number of carbonyl (C=O) groups excluding carboxylic acids is 2. The highest BCUT2D eigenvalue weighted by molar-refractivity contribution is 5.88. The van der Waals surface area contributed by atoms with E-state index in [4.69, 9.17) is 4.74 Å². The van der Waals surface area contributed by atoms with Crippen molar-refractivity contribution >= 4 is 17.5 Å². The highest BCUT2D eigenvalue weighted by atomic mass is 16.5. The van der Waals surface area contributed by atoms with Gasteiger partial charge in [0.1, 0.15) is 6.54 Å². The summed E-state index contributed by atoms with van der Waals surface area (Å²) in [5.74, 6) is -0.303. The topological polar surface area (TPSA) is 70.7 Å². The van der Waals surface area contributed by atoms with Crippen molar-refractivity contribution in [3.63, 3.8) is 0 Å².